The standard InChI is InChI=1S/C18H24N2O6S/c1-13-5-6-14(27(24,25)20-8-3-2-4-9-20)11-15(13)16(21)19-18(17(22)23)7-10-26-12-18/h5-6,11H,2-4,7-10,12H2,1H3,(H,19,21)(H,22,23). The quantitative estimate of drug-likeness (QED) is 0.772. The molecule has 2 fully saturated rings. The summed E-state index contributed by atoms with van der Waals surface area (Å²) in [6, 6.07) is 4.39. The van der Waals surface area contributed by atoms with Gasteiger partial charge >= 0.3 is 5.97 Å². The van der Waals surface area contributed by atoms with Gasteiger partial charge in [-0.2, -0.15) is 4.31 Å². The van der Waals surface area contributed by atoms with E-state index < -0.39 is 27.4 Å². The van der Waals surface area contributed by atoms with Crippen molar-refractivity contribution in [2.24, 2.45) is 0 Å². The average Bonchev–Trinajstić information content (AvgIpc) is 3.12. The number of sulfonamides is 1. The summed E-state index contributed by atoms with van der Waals surface area (Å²) in [5, 5.41) is 12.0. The minimum atomic E-state index is -3.68. The summed E-state index contributed by atoms with van der Waals surface area (Å²) in [6.07, 6.45) is 2.81. The van der Waals surface area contributed by atoms with Gasteiger partial charge in [0.2, 0.25) is 10.0 Å². The van der Waals surface area contributed by atoms with Gasteiger partial charge in [-0.25, -0.2) is 13.2 Å². The molecule has 9 heteroatoms. The number of carboxylic acid groups (broad SMARTS) is 1. The molecule has 0 saturated carbocycles. The van der Waals surface area contributed by atoms with Gasteiger partial charge in [0.25, 0.3) is 5.91 Å². The van der Waals surface area contributed by atoms with Crippen molar-refractivity contribution in [2.45, 2.75) is 43.0 Å². The molecule has 0 aliphatic carbocycles. The van der Waals surface area contributed by atoms with E-state index in [9.17, 15) is 23.1 Å². The van der Waals surface area contributed by atoms with E-state index >= 15 is 0 Å². The van der Waals surface area contributed by atoms with Crippen LogP contribution in [-0.2, 0) is 19.6 Å². The van der Waals surface area contributed by atoms with Gasteiger partial charge in [0.1, 0.15) is 0 Å². The van der Waals surface area contributed by atoms with Gasteiger partial charge in [-0.15, -0.1) is 0 Å². The smallest absolute Gasteiger partial charge is 0.331 e. The summed E-state index contributed by atoms with van der Waals surface area (Å²) in [7, 11) is -3.68. The highest BCUT2D eigenvalue weighted by atomic mass is 32.2. The van der Waals surface area contributed by atoms with Crippen LogP contribution in [-0.4, -0.2) is 61.5 Å². The molecule has 2 aliphatic rings. The number of ether oxygens (including phenoxy) is 1. The number of hydrogen-bond acceptors (Lipinski definition) is 5. The molecule has 27 heavy (non-hydrogen) atoms. The minimum Gasteiger partial charge on any atom is -0.479 e. The lowest BCUT2D eigenvalue weighted by Crippen LogP contribution is -2.55. The van der Waals surface area contributed by atoms with Gasteiger partial charge in [-0.3, -0.25) is 4.79 Å². The Morgan fingerprint density at radius 3 is 2.52 bits per heavy atom. The number of piperidine rings is 1. The predicted molar refractivity (Wildman–Crippen MR) is 97.1 cm³/mol. The summed E-state index contributed by atoms with van der Waals surface area (Å²) in [6.45, 7) is 2.76. The van der Waals surface area contributed by atoms with Crippen molar-refractivity contribution < 1.29 is 27.9 Å². The number of carboxylic acids is 1. The first-order valence-electron chi connectivity index (χ1n) is 9.01. The third-order valence-corrected chi connectivity index (χ3v) is 7.08. The number of nitrogens with one attached hydrogen (secondary N) is 1. The van der Waals surface area contributed by atoms with Crippen LogP contribution in [0.2, 0.25) is 0 Å². The van der Waals surface area contributed by atoms with Gasteiger partial charge in [-0.05, 0) is 37.5 Å². The lowest BCUT2D eigenvalue weighted by atomic mass is 9.97. The maximum absolute atomic E-state index is 12.9. The van der Waals surface area contributed by atoms with Crippen LogP contribution in [0, 0.1) is 6.92 Å². The second-order valence-corrected chi connectivity index (χ2v) is 9.02. The van der Waals surface area contributed by atoms with Crippen LogP contribution in [0.4, 0.5) is 0 Å². The fourth-order valence-electron chi connectivity index (χ4n) is 3.43. The van der Waals surface area contributed by atoms with Crippen molar-refractivity contribution in [2.75, 3.05) is 26.3 Å². The van der Waals surface area contributed by atoms with Gasteiger partial charge in [0, 0.05) is 31.7 Å². The lowest BCUT2D eigenvalue weighted by molar-refractivity contribution is -0.144. The van der Waals surface area contributed by atoms with Crippen molar-refractivity contribution in [3.63, 3.8) is 0 Å². The summed E-state index contributed by atoms with van der Waals surface area (Å²) in [5.74, 6) is -1.78. The molecule has 1 aromatic rings. The molecule has 3 rings (SSSR count). The Kier molecular flexibility index (Phi) is 5.55. The van der Waals surface area contributed by atoms with E-state index in [-0.39, 0.29) is 30.1 Å². The third kappa shape index (κ3) is 3.85. The first kappa shape index (κ1) is 19.8. The number of carbonyl (C=O) groups excluding carboxylic acids is 1. The molecule has 1 amide bonds. The summed E-state index contributed by atoms with van der Waals surface area (Å²) in [4.78, 5) is 24.4. The highest BCUT2D eigenvalue weighted by molar-refractivity contribution is 7.89. The van der Waals surface area contributed by atoms with Gasteiger partial charge in [-0.1, -0.05) is 12.5 Å². The normalized spacial score (nSPS) is 23.9. The maximum Gasteiger partial charge on any atom is 0.331 e. The van der Waals surface area contributed by atoms with Crippen molar-refractivity contribution >= 4 is 21.9 Å². The molecular formula is C18H24N2O6S. The molecule has 0 radical (unpaired) electrons. The molecule has 2 heterocycles. The van der Waals surface area contributed by atoms with Crippen LogP contribution in [0.25, 0.3) is 0 Å². The fourth-order valence-corrected chi connectivity index (χ4v) is 4.97. The number of aryl methyl sites for hydroxylation is 1. The van der Waals surface area contributed by atoms with E-state index in [1.54, 1.807) is 13.0 Å². The Bertz CT molecular complexity index is 839. The Hall–Kier alpha value is -1.97. The number of carbonyl (C=O) groups is 2. The molecule has 0 aromatic heterocycles. The minimum absolute atomic E-state index is 0.0483. The summed E-state index contributed by atoms with van der Waals surface area (Å²) >= 11 is 0. The monoisotopic (exact) mass is 396 g/mol. The van der Waals surface area contributed by atoms with Gasteiger partial charge in [0.05, 0.1) is 11.5 Å². The average molecular weight is 396 g/mol. The van der Waals surface area contributed by atoms with Crippen molar-refractivity contribution in [3.8, 4) is 0 Å². The van der Waals surface area contributed by atoms with Crippen molar-refractivity contribution in [1.29, 1.82) is 0 Å². The Labute approximate surface area is 158 Å². The van der Waals surface area contributed by atoms with E-state index in [0.717, 1.165) is 19.3 Å². The second-order valence-electron chi connectivity index (χ2n) is 7.09. The Balaban J connectivity index is 1.89. The third-order valence-electron chi connectivity index (χ3n) is 5.19. The zero-order valence-electron chi connectivity index (χ0n) is 15.2. The molecule has 8 nitrogen and oxygen atoms in total. The highest BCUT2D eigenvalue weighted by Crippen LogP contribution is 2.24. The van der Waals surface area contributed by atoms with Crippen LogP contribution in [0.3, 0.4) is 0 Å². The molecule has 148 valence electrons. The number of hydrogen-bond donors (Lipinski definition) is 2. The van der Waals surface area contributed by atoms with Crippen molar-refractivity contribution in [1.82, 2.24) is 9.62 Å². The van der Waals surface area contributed by atoms with Crippen LogP contribution in [0.5, 0.6) is 0 Å². The molecule has 1 aromatic carbocycles. The number of amides is 1. The number of rotatable bonds is 5. The zero-order chi connectivity index (χ0) is 19.7. The van der Waals surface area contributed by atoms with E-state index in [1.165, 1.54) is 16.4 Å². The lowest BCUT2D eigenvalue weighted by Gasteiger charge is -2.26. The van der Waals surface area contributed by atoms with Crippen molar-refractivity contribution in [3.05, 3.63) is 29.3 Å². The molecule has 0 spiro atoms. The second kappa shape index (κ2) is 7.57. The van der Waals surface area contributed by atoms with E-state index in [0.29, 0.717) is 18.7 Å². The molecule has 0 bridgehead atoms. The zero-order valence-corrected chi connectivity index (χ0v) is 16.0. The SMILES string of the molecule is Cc1ccc(S(=O)(=O)N2CCCCC2)cc1C(=O)NC1(C(=O)O)CCOC1. The van der Waals surface area contributed by atoms with Gasteiger partial charge in [0.15, 0.2) is 5.54 Å². The van der Waals surface area contributed by atoms with Crippen LogP contribution in [0.1, 0.15) is 41.6 Å². The van der Waals surface area contributed by atoms with Crippen LogP contribution in [0.15, 0.2) is 23.1 Å². The topological polar surface area (TPSA) is 113 Å². The number of aliphatic carboxylic acids is 1. The molecule has 1 atom stereocenters. The fraction of sp³-hybridized carbons (Fsp3) is 0.556. The number of benzene rings is 1. The summed E-state index contributed by atoms with van der Waals surface area (Å²) < 4.78 is 32.3. The van der Waals surface area contributed by atoms with E-state index in [1.807, 2.05) is 0 Å². The predicted octanol–water partition coefficient (Wildman–Crippen LogP) is 1.14. The highest BCUT2D eigenvalue weighted by Gasteiger charge is 2.44. The van der Waals surface area contributed by atoms with Gasteiger partial charge < -0.3 is 15.2 Å². The molecule has 2 aliphatic heterocycles. The van der Waals surface area contributed by atoms with Crippen LogP contribution < -0.4 is 5.32 Å². The van der Waals surface area contributed by atoms with E-state index in [2.05, 4.69) is 5.32 Å². The Morgan fingerprint density at radius 2 is 1.93 bits per heavy atom. The Morgan fingerprint density at radius 1 is 1.22 bits per heavy atom. The van der Waals surface area contributed by atoms with E-state index in [4.69, 9.17) is 4.74 Å². The molecular weight excluding hydrogens is 372 g/mol. The van der Waals surface area contributed by atoms with Crippen LogP contribution >= 0.6 is 0 Å². The maximum atomic E-state index is 12.9. The largest absolute Gasteiger partial charge is 0.479 e. The molecule has 2 N–H and O–H groups in total. The first-order valence-corrected chi connectivity index (χ1v) is 10.4. The number of nitrogens with zero attached hydrogens (tertiary/aromatic N) is 1. The summed E-state index contributed by atoms with van der Waals surface area (Å²) in [5.41, 5.74) is -0.754. The molecule has 1 unspecified atom stereocenters. The first-order chi connectivity index (χ1) is 12.8. The molecule has 2 saturated heterocycles.